The first-order chi connectivity index (χ1) is 15.8. The highest BCUT2D eigenvalue weighted by molar-refractivity contribution is 5.87. The Labute approximate surface area is 197 Å². The highest BCUT2D eigenvalue weighted by Gasteiger charge is 2.20. The number of carbonyl (C=O) groups is 2. The molecule has 0 aromatic rings. The molecule has 33 heavy (non-hydrogen) atoms. The summed E-state index contributed by atoms with van der Waals surface area (Å²) in [6.45, 7) is 8.05. The Balaban J connectivity index is 4.31. The second kappa shape index (κ2) is 20.2. The molecule has 11 heteroatoms. The van der Waals surface area contributed by atoms with Gasteiger partial charge in [0.25, 0.3) is 5.96 Å². The maximum atomic E-state index is 12.5. The molecule has 0 aliphatic rings. The lowest BCUT2D eigenvalue weighted by Gasteiger charge is -2.19. The summed E-state index contributed by atoms with van der Waals surface area (Å²) in [6.07, 6.45) is 8.88. The number of hydrogen-bond acceptors (Lipinski definition) is 6. The van der Waals surface area contributed by atoms with Crippen molar-refractivity contribution in [1.82, 2.24) is 21.4 Å². The smallest absolute Gasteiger partial charge is 0.251 e. The number of rotatable bonds is 20. The summed E-state index contributed by atoms with van der Waals surface area (Å²) in [7, 11) is 0. The number of nitro groups is 1. The van der Waals surface area contributed by atoms with E-state index in [0.29, 0.717) is 38.5 Å². The van der Waals surface area contributed by atoms with E-state index in [4.69, 9.17) is 10.1 Å². The molecule has 0 unspecified atom stereocenters. The highest BCUT2D eigenvalue weighted by Crippen LogP contribution is 2.05. The van der Waals surface area contributed by atoms with Crippen LogP contribution in [0.2, 0.25) is 0 Å². The van der Waals surface area contributed by atoms with Crippen LogP contribution in [-0.4, -0.2) is 55.2 Å². The average molecular weight is 473 g/mol. The van der Waals surface area contributed by atoms with Gasteiger partial charge in [-0.25, -0.2) is 10.1 Å². The molecule has 0 aliphatic heterocycles. The maximum Gasteiger partial charge on any atom is 0.251 e. The molecule has 0 fully saturated rings. The van der Waals surface area contributed by atoms with Crippen molar-refractivity contribution in [2.24, 2.45) is 5.92 Å². The van der Waals surface area contributed by atoms with E-state index in [0.717, 1.165) is 19.3 Å². The lowest BCUT2D eigenvalue weighted by Crippen LogP contribution is -2.47. The van der Waals surface area contributed by atoms with Crippen molar-refractivity contribution in [3.05, 3.63) is 10.1 Å². The number of nitrogens with one attached hydrogen (secondary N) is 5. The number of unbranched alkanes of at least 4 members (excludes halogenated alkanes) is 5. The Morgan fingerprint density at radius 2 is 1.67 bits per heavy atom. The molecule has 0 saturated heterocycles. The van der Waals surface area contributed by atoms with Crippen molar-refractivity contribution in [1.29, 1.82) is 5.41 Å². The Kier molecular flexibility index (Phi) is 18.7. The van der Waals surface area contributed by atoms with Crippen LogP contribution in [-0.2, 0) is 14.3 Å². The number of carbonyl (C=O) groups excluding carboxylic acids is 2. The molecule has 0 aliphatic carbocycles. The van der Waals surface area contributed by atoms with Crippen molar-refractivity contribution in [3.8, 4) is 0 Å². The third kappa shape index (κ3) is 19.9. The zero-order valence-corrected chi connectivity index (χ0v) is 20.5. The molecule has 0 radical (unpaired) electrons. The predicted molar refractivity (Wildman–Crippen MR) is 128 cm³/mol. The van der Waals surface area contributed by atoms with Crippen LogP contribution in [0.3, 0.4) is 0 Å². The zero-order chi connectivity index (χ0) is 24.9. The summed E-state index contributed by atoms with van der Waals surface area (Å²) in [5.74, 6) is -0.482. The number of hydrazine groups is 1. The van der Waals surface area contributed by atoms with E-state index in [1.165, 1.54) is 25.7 Å². The highest BCUT2D eigenvalue weighted by atomic mass is 16.7. The van der Waals surface area contributed by atoms with Gasteiger partial charge in [0.2, 0.25) is 11.8 Å². The van der Waals surface area contributed by atoms with Crippen molar-refractivity contribution in [2.45, 2.75) is 91.0 Å². The van der Waals surface area contributed by atoms with Crippen molar-refractivity contribution < 1.29 is 19.4 Å². The van der Waals surface area contributed by atoms with Gasteiger partial charge in [-0.2, -0.15) is 0 Å². The van der Waals surface area contributed by atoms with E-state index in [2.05, 4.69) is 36.7 Å². The third-order valence-corrected chi connectivity index (χ3v) is 4.96. The zero-order valence-electron chi connectivity index (χ0n) is 20.5. The molecule has 0 rings (SSSR count). The molecule has 0 bridgehead atoms. The largest absolute Gasteiger partial charge is 0.381 e. The van der Waals surface area contributed by atoms with Gasteiger partial charge < -0.3 is 20.7 Å². The van der Waals surface area contributed by atoms with Gasteiger partial charge >= 0.3 is 0 Å². The topological polar surface area (TPSA) is 158 Å². The fourth-order valence-corrected chi connectivity index (χ4v) is 3.04. The van der Waals surface area contributed by atoms with E-state index in [1.807, 2.05) is 0 Å². The van der Waals surface area contributed by atoms with E-state index in [1.54, 1.807) is 5.43 Å². The Morgan fingerprint density at radius 1 is 0.970 bits per heavy atom. The van der Waals surface area contributed by atoms with E-state index < -0.39 is 17.0 Å². The number of hydrogen-bond donors (Lipinski definition) is 5. The van der Waals surface area contributed by atoms with Crippen LogP contribution in [0.15, 0.2) is 0 Å². The van der Waals surface area contributed by atoms with Crippen molar-refractivity contribution in [3.63, 3.8) is 0 Å². The molecular weight excluding hydrogens is 428 g/mol. The summed E-state index contributed by atoms with van der Waals surface area (Å²) in [5, 5.41) is 25.0. The molecule has 1 atom stereocenters. The van der Waals surface area contributed by atoms with Gasteiger partial charge in [-0.05, 0) is 31.6 Å². The molecule has 0 aromatic carbocycles. The first kappa shape index (κ1) is 30.6. The van der Waals surface area contributed by atoms with Crippen LogP contribution in [0.25, 0.3) is 0 Å². The van der Waals surface area contributed by atoms with Gasteiger partial charge in [0.15, 0.2) is 5.03 Å². The van der Waals surface area contributed by atoms with E-state index in [9.17, 15) is 19.7 Å². The molecule has 11 nitrogen and oxygen atoms in total. The Bertz CT molecular complexity index is 573. The van der Waals surface area contributed by atoms with Crippen LogP contribution in [0, 0.1) is 21.4 Å². The summed E-state index contributed by atoms with van der Waals surface area (Å²) >= 11 is 0. The van der Waals surface area contributed by atoms with Crippen molar-refractivity contribution >= 4 is 17.8 Å². The number of guanidine groups is 1. The van der Waals surface area contributed by atoms with Crippen LogP contribution in [0.5, 0.6) is 0 Å². The number of amides is 2. The molecule has 192 valence electrons. The Hall–Kier alpha value is -2.43. The van der Waals surface area contributed by atoms with Gasteiger partial charge in [-0.3, -0.25) is 15.0 Å². The average Bonchev–Trinajstić information content (AvgIpc) is 2.73. The monoisotopic (exact) mass is 472 g/mol. The standard InChI is InChI=1S/C22H44N6O5/c1-4-5-6-7-8-9-16-33-17-13-20(29)26-19(21(30)24-15-12-18(2)3)11-10-14-25-22(23)27-28(31)32/h18-19H,4-17H2,1-3H3,(H,24,30)(H,26,29)(H3,23,25,27)/t19-/m0/s1. The first-order valence-corrected chi connectivity index (χ1v) is 12.1. The molecule has 0 aromatic heterocycles. The molecule has 0 saturated carbocycles. The lowest BCUT2D eigenvalue weighted by atomic mass is 10.1. The van der Waals surface area contributed by atoms with Gasteiger partial charge in [0.1, 0.15) is 6.04 Å². The fourth-order valence-electron chi connectivity index (χ4n) is 3.04. The van der Waals surface area contributed by atoms with Crippen LogP contribution >= 0.6 is 0 Å². The predicted octanol–water partition coefficient (Wildman–Crippen LogP) is 2.49. The van der Waals surface area contributed by atoms with Crippen LogP contribution in [0.4, 0.5) is 0 Å². The fraction of sp³-hybridized carbons (Fsp3) is 0.864. The normalized spacial score (nSPS) is 11.6. The minimum Gasteiger partial charge on any atom is -0.381 e. The van der Waals surface area contributed by atoms with Gasteiger partial charge in [0.05, 0.1) is 6.61 Å². The summed E-state index contributed by atoms with van der Waals surface area (Å²) < 4.78 is 5.54. The van der Waals surface area contributed by atoms with Gasteiger partial charge in [0, 0.05) is 26.1 Å². The van der Waals surface area contributed by atoms with E-state index >= 15 is 0 Å². The number of ether oxygens (including phenoxy) is 1. The summed E-state index contributed by atoms with van der Waals surface area (Å²) in [5.41, 5.74) is 1.71. The molecular formula is C22H44N6O5. The first-order valence-electron chi connectivity index (χ1n) is 12.1. The molecule has 5 N–H and O–H groups in total. The molecule has 0 spiro atoms. The second-order valence-corrected chi connectivity index (χ2v) is 8.54. The van der Waals surface area contributed by atoms with Gasteiger partial charge in [-0.15, -0.1) is 0 Å². The third-order valence-electron chi connectivity index (χ3n) is 4.96. The van der Waals surface area contributed by atoms with Crippen molar-refractivity contribution in [2.75, 3.05) is 26.3 Å². The molecule has 2 amide bonds. The minimum absolute atomic E-state index is 0.182. The summed E-state index contributed by atoms with van der Waals surface area (Å²) in [6, 6.07) is -0.706. The maximum absolute atomic E-state index is 12.5. The van der Waals surface area contributed by atoms with Gasteiger partial charge in [-0.1, -0.05) is 58.3 Å². The quantitative estimate of drug-likeness (QED) is 0.0598. The summed E-state index contributed by atoms with van der Waals surface area (Å²) in [4.78, 5) is 35.1. The number of nitrogens with zero attached hydrogens (tertiary/aromatic N) is 1. The minimum atomic E-state index is -0.824. The second-order valence-electron chi connectivity index (χ2n) is 8.54. The van der Waals surface area contributed by atoms with Crippen LogP contribution in [0.1, 0.15) is 85.0 Å². The SMILES string of the molecule is CCCCCCCCOCCC(=O)N[C@@H](CCCNC(=N)N[N+](=O)[O-])C(=O)NCCC(C)C. The van der Waals surface area contributed by atoms with Crippen LogP contribution < -0.4 is 21.4 Å². The van der Waals surface area contributed by atoms with E-state index in [-0.39, 0.29) is 24.8 Å². The lowest BCUT2D eigenvalue weighted by molar-refractivity contribution is -0.525. The molecule has 0 heterocycles. The Morgan fingerprint density at radius 3 is 2.33 bits per heavy atom.